The highest BCUT2D eigenvalue weighted by atomic mass is 15.1. The van der Waals surface area contributed by atoms with E-state index in [1.165, 1.54) is 25.7 Å². The van der Waals surface area contributed by atoms with Crippen LogP contribution in [-0.4, -0.2) is 24.5 Å². The Kier molecular flexibility index (Phi) is 3.80. The smallest absolute Gasteiger partial charge is 0.0155 e. The van der Waals surface area contributed by atoms with Crippen molar-refractivity contribution in [2.45, 2.75) is 38.6 Å². The topological polar surface area (TPSA) is 3.24 Å². The number of hydrogen-bond acceptors (Lipinski definition) is 1. The molecule has 0 aromatic heterocycles. The largest absolute Gasteiger partial charge is 0.303 e. The molecule has 0 saturated heterocycles. The van der Waals surface area contributed by atoms with E-state index in [9.17, 15) is 0 Å². The molecule has 1 saturated carbocycles. The molecule has 0 amide bonds. The van der Waals surface area contributed by atoms with Crippen LogP contribution in [0.3, 0.4) is 0 Å². The minimum Gasteiger partial charge on any atom is -0.303 e. The molecule has 1 rings (SSSR count). The van der Waals surface area contributed by atoms with Gasteiger partial charge in [0.15, 0.2) is 0 Å². The SMILES string of the molecule is C=CC1CCCCC1N(C)CC. The maximum Gasteiger partial charge on any atom is 0.0155 e. The monoisotopic (exact) mass is 167 g/mol. The van der Waals surface area contributed by atoms with Gasteiger partial charge in [0.2, 0.25) is 0 Å². The molecule has 2 unspecified atom stereocenters. The number of hydrogen-bond donors (Lipinski definition) is 0. The summed E-state index contributed by atoms with van der Waals surface area (Å²) in [6, 6.07) is 0.765. The quantitative estimate of drug-likeness (QED) is 0.584. The molecule has 0 N–H and O–H groups in total. The van der Waals surface area contributed by atoms with Crippen LogP contribution in [0, 0.1) is 5.92 Å². The lowest BCUT2D eigenvalue weighted by Gasteiger charge is -2.36. The first-order valence-electron chi connectivity index (χ1n) is 5.12. The summed E-state index contributed by atoms with van der Waals surface area (Å²) in [5.41, 5.74) is 0. The Balaban J connectivity index is 2.51. The van der Waals surface area contributed by atoms with Crippen molar-refractivity contribution in [1.29, 1.82) is 0 Å². The molecule has 70 valence electrons. The first-order valence-corrected chi connectivity index (χ1v) is 5.12. The van der Waals surface area contributed by atoms with Crippen LogP contribution in [0.5, 0.6) is 0 Å². The molecule has 1 aliphatic rings. The summed E-state index contributed by atoms with van der Waals surface area (Å²) >= 11 is 0. The van der Waals surface area contributed by atoms with Crippen molar-refractivity contribution < 1.29 is 0 Å². The van der Waals surface area contributed by atoms with Gasteiger partial charge in [-0.05, 0) is 32.4 Å². The van der Waals surface area contributed by atoms with Gasteiger partial charge < -0.3 is 4.90 Å². The highest BCUT2D eigenvalue weighted by molar-refractivity contribution is 4.91. The zero-order chi connectivity index (χ0) is 8.97. The summed E-state index contributed by atoms with van der Waals surface area (Å²) < 4.78 is 0. The maximum atomic E-state index is 3.92. The third-order valence-corrected chi connectivity index (χ3v) is 3.15. The second kappa shape index (κ2) is 4.66. The van der Waals surface area contributed by atoms with Gasteiger partial charge in [0.25, 0.3) is 0 Å². The van der Waals surface area contributed by atoms with Gasteiger partial charge in [-0.25, -0.2) is 0 Å². The third-order valence-electron chi connectivity index (χ3n) is 3.15. The molecule has 0 aromatic rings. The Morgan fingerprint density at radius 1 is 1.42 bits per heavy atom. The van der Waals surface area contributed by atoms with Gasteiger partial charge in [-0.1, -0.05) is 25.8 Å². The van der Waals surface area contributed by atoms with Crippen LogP contribution in [0.4, 0.5) is 0 Å². The van der Waals surface area contributed by atoms with E-state index >= 15 is 0 Å². The Bertz CT molecular complexity index is 142. The summed E-state index contributed by atoms with van der Waals surface area (Å²) in [5.74, 6) is 0.740. The fourth-order valence-corrected chi connectivity index (χ4v) is 2.20. The minimum absolute atomic E-state index is 0.740. The van der Waals surface area contributed by atoms with Gasteiger partial charge in [0.05, 0.1) is 0 Å². The van der Waals surface area contributed by atoms with Crippen LogP contribution >= 0.6 is 0 Å². The van der Waals surface area contributed by atoms with Crippen LogP contribution in [-0.2, 0) is 0 Å². The first kappa shape index (κ1) is 9.79. The molecule has 1 aliphatic carbocycles. The van der Waals surface area contributed by atoms with E-state index in [1.54, 1.807) is 0 Å². The molecule has 1 fully saturated rings. The van der Waals surface area contributed by atoms with Crippen LogP contribution < -0.4 is 0 Å². The molecule has 0 aromatic carbocycles. The molecule has 0 bridgehead atoms. The fourth-order valence-electron chi connectivity index (χ4n) is 2.20. The van der Waals surface area contributed by atoms with E-state index < -0.39 is 0 Å². The molecular formula is C11H21N. The van der Waals surface area contributed by atoms with E-state index in [0.717, 1.165) is 18.5 Å². The highest BCUT2D eigenvalue weighted by Gasteiger charge is 2.24. The lowest BCUT2D eigenvalue weighted by atomic mass is 9.84. The number of rotatable bonds is 3. The Labute approximate surface area is 76.5 Å². The molecule has 1 nitrogen and oxygen atoms in total. The van der Waals surface area contributed by atoms with Gasteiger partial charge in [-0.2, -0.15) is 0 Å². The summed E-state index contributed by atoms with van der Waals surface area (Å²) in [6.07, 6.45) is 7.65. The Morgan fingerprint density at radius 3 is 2.67 bits per heavy atom. The van der Waals surface area contributed by atoms with Crippen molar-refractivity contribution in [2.75, 3.05) is 13.6 Å². The summed E-state index contributed by atoms with van der Waals surface area (Å²) in [4.78, 5) is 2.46. The minimum atomic E-state index is 0.740. The van der Waals surface area contributed by atoms with Gasteiger partial charge in [0, 0.05) is 6.04 Å². The molecule has 12 heavy (non-hydrogen) atoms. The standard InChI is InChI=1S/C11H21N/c1-4-10-8-6-7-9-11(10)12(3)5-2/h4,10-11H,1,5-9H2,2-3H3. The van der Waals surface area contributed by atoms with Crippen LogP contribution in [0.25, 0.3) is 0 Å². The van der Waals surface area contributed by atoms with Crippen molar-refractivity contribution in [1.82, 2.24) is 4.90 Å². The average Bonchev–Trinajstić information content (AvgIpc) is 2.16. The normalized spacial score (nSPS) is 30.6. The van der Waals surface area contributed by atoms with Gasteiger partial charge >= 0.3 is 0 Å². The molecule has 0 heterocycles. The molecule has 0 spiro atoms. The summed E-state index contributed by atoms with van der Waals surface area (Å²) in [7, 11) is 2.23. The summed E-state index contributed by atoms with van der Waals surface area (Å²) in [5, 5.41) is 0. The molecule has 0 radical (unpaired) electrons. The van der Waals surface area contributed by atoms with E-state index in [4.69, 9.17) is 0 Å². The third kappa shape index (κ3) is 2.10. The Morgan fingerprint density at radius 2 is 2.08 bits per heavy atom. The Hall–Kier alpha value is -0.300. The van der Waals surface area contributed by atoms with Crippen molar-refractivity contribution in [3.8, 4) is 0 Å². The molecular weight excluding hydrogens is 146 g/mol. The number of nitrogens with zero attached hydrogens (tertiary/aromatic N) is 1. The van der Waals surface area contributed by atoms with E-state index in [-0.39, 0.29) is 0 Å². The van der Waals surface area contributed by atoms with Crippen molar-refractivity contribution in [3.05, 3.63) is 12.7 Å². The maximum absolute atomic E-state index is 3.92. The average molecular weight is 167 g/mol. The lowest BCUT2D eigenvalue weighted by Crippen LogP contribution is -2.39. The van der Waals surface area contributed by atoms with E-state index in [0.29, 0.717) is 0 Å². The van der Waals surface area contributed by atoms with Gasteiger partial charge in [0.1, 0.15) is 0 Å². The van der Waals surface area contributed by atoms with Crippen molar-refractivity contribution in [2.24, 2.45) is 5.92 Å². The van der Waals surface area contributed by atoms with Crippen molar-refractivity contribution in [3.63, 3.8) is 0 Å². The fraction of sp³-hybridized carbons (Fsp3) is 0.818. The van der Waals surface area contributed by atoms with Crippen LogP contribution in [0.2, 0.25) is 0 Å². The highest BCUT2D eigenvalue weighted by Crippen LogP contribution is 2.28. The van der Waals surface area contributed by atoms with Crippen molar-refractivity contribution >= 4 is 0 Å². The van der Waals surface area contributed by atoms with Gasteiger partial charge in [-0.15, -0.1) is 6.58 Å². The predicted octanol–water partition coefficient (Wildman–Crippen LogP) is 2.68. The molecule has 2 atom stereocenters. The van der Waals surface area contributed by atoms with Crippen LogP contribution in [0.1, 0.15) is 32.6 Å². The molecule has 1 heteroatoms. The van der Waals surface area contributed by atoms with E-state index in [1.807, 2.05) is 0 Å². The second-order valence-electron chi connectivity index (χ2n) is 3.82. The zero-order valence-corrected chi connectivity index (χ0v) is 8.42. The molecule has 0 aliphatic heterocycles. The lowest BCUT2D eigenvalue weighted by molar-refractivity contribution is 0.161. The predicted molar refractivity (Wildman–Crippen MR) is 54.2 cm³/mol. The van der Waals surface area contributed by atoms with Gasteiger partial charge in [-0.3, -0.25) is 0 Å². The second-order valence-corrected chi connectivity index (χ2v) is 3.82. The first-order chi connectivity index (χ1) is 5.79. The van der Waals surface area contributed by atoms with Crippen LogP contribution in [0.15, 0.2) is 12.7 Å². The van der Waals surface area contributed by atoms with E-state index in [2.05, 4.69) is 31.5 Å². The zero-order valence-electron chi connectivity index (χ0n) is 8.42. The summed E-state index contributed by atoms with van der Waals surface area (Å²) in [6.45, 7) is 7.32.